The van der Waals surface area contributed by atoms with E-state index in [4.69, 9.17) is 10.5 Å². The highest BCUT2D eigenvalue weighted by Crippen LogP contribution is 2.29. The van der Waals surface area contributed by atoms with Crippen LogP contribution in [-0.4, -0.2) is 25.9 Å². The van der Waals surface area contributed by atoms with E-state index < -0.39 is 0 Å². The Morgan fingerprint density at radius 3 is 2.81 bits per heavy atom. The minimum absolute atomic E-state index is 0.214. The van der Waals surface area contributed by atoms with Crippen molar-refractivity contribution in [3.05, 3.63) is 18.2 Å². The lowest BCUT2D eigenvalue weighted by Crippen LogP contribution is -2.01. The highest BCUT2D eigenvalue weighted by Gasteiger charge is 2.05. The first-order valence-corrected chi connectivity index (χ1v) is 5.79. The Labute approximate surface area is 99.1 Å². The van der Waals surface area contributed by atoms with Gasteiger partial charge in [0, 0.05) is 16.3 Å². The molecule has 16 heavy (non-hydrogen) atoms. The van der Waals surface area contributed by atoms with Gasteiger partial charge in [-0.05, 0) is 18.2 Å². The summed E-state index contributed by atoms with van der Waals surface area (Å²) in [6.07, 6.45) is 0.373. The summed E-state index contributed by atoms with van der Waals surface area (Å²) in [6.45, 7) is 0. The summed E-state index contributed by atoms with van der Waals surface area (Å²) in [5.41, 5.74) is 6.49. The number of thioether (sulfide) groups is 1. The number of carbonyl (C=O) groups excluding carboxylic acids is 1. The molecule has 0 aliphatic heterocycles. The molecule has 0 aliphatic carbocycles. The molecule has 0 spiro atoms. The molecule has 0 amide bonds. The predicted molar refractivity (Wildman–Crippen MR) is 64.8 cm³/mol. The Kier molecular flexibility index (Phi) is 4.98. The zero-order chi connectivity index (χ0) is 12.0. The number of hydrogen-bond donors (Lipinski definition) is 1. The molecule has 0 saturated carbocycles. The maximum Gasteiger partial charge on any atom is 0.306 e. The van der Waals surface area contributed by atoms with Crippen LogP contribution in [-0.2, 0) is 9.53 Å². The minimum Gasteiger partial charge on any atom is -0.497 e. The maximum absolute atomic E-state index is 10.9. The second kappa shape index (κ2) is 6.27. The van der Waals surface area contributed by atoms with Crippen LogP contribution in [0.5, 0.6) is 5.75 Å². The molecule has 88 valence electrons. The van der Waals surface area contributed by atoms with Crippen LogP contribution >= 0.6 is 11.8 Å². The number of carbonyl (C=O) groups is 1. The van der Waals surface area contributed by atoms with Gasteiger partial charge in [-0.25, -0.2) is 0 Å². The Hall–Kier alpha value is -1.36. The molecule has 1 rings (SSSR count). The van der Waals surface area contributed by atoms with Crippen LogP contribution in [0.25, 0.3) is 0 Å². The van der Waals surface area contributed by atoms with Crippen molar-refractivity contribution in [2.24, 2.45) is 0 Å². The number of hydrogen-bond acceptors (Lipinski definition) is 5. The standard InChI is InChI=1S/C11H15NO3S/c1-14-8-3-4-9(12)10(7-8)16-6-5-11(13)15-2/h3-4,7H,5-6,12H2,1-2H3. The van der Waals surface area contributed by atoms with Gasteiger partial charge in [0.1, 0.15) is 5.75 Å². The molecule has 2 N–H and O–H groups in total. The van der Waals surface area contributed by atoms with Crippen molar-refractivity contribution in [3.8, 4) is 5.75 Å². The smallest absolute Gasteiger partial charge is 0.306 e. The molecule has 1 aromatic carbocycles. The van der Waals surface area contributed by atoms with Gasteiger partial charge in [0.15, 0.2) is 0 Å². The number of benzene rings is 1. The van der Waals surface area contributed by atoms with E-state index in [2.05, 4.69) is 4.74 Å². The molecule has 0 aromatic heterocycles. The van der Waals surface area contributed by atoms with Gasteiger partial charge < -0.3 is 15.2 Å². The lowest BCUT2D eigenvalue weighted by molar-refractivity contribution is -0.140. The molecular weight excluding hydrogens is 226 g/mol. The van der Waals surface area contributed by atoms with Crippen LogP contribution < -0.4 is 10.5 Å². The Morgan fingerprint density at radius 1 is 1.44 bits per heavy atom. The van der Waals surface area contributed by atoms with Crippen LogP contribution in [0.1, 0.15) is 6.42 Å². The van der Waals surface area contributed by atoms with E-state index >= 15 is 0 Å². The summed E-state index contributed by atoms with van der Waals surface area (Å²) in [6, 6.07) is 5.45. The monoisotopic (exact) mass is 241 g/mol. The molecule has 5 heteroatoms. The Balaban J connectivity index is 2.55. The van der Waals surface area contributed by atoms with Crippen molar-refractivity contribution >= 4 is 23.4 Å². The summed E-state index contributed by atoms with van der Waals surface area (Å²) < 4.78 is 9.65. The van der Waals surface area contributed by atoms with Gasteiger partial charge in [-0.3, -0.25) is 4.79 Å². The van der Waals surface area contributed by atoms with Crippen LogP contribution in [0, 0.1) is 0 Å². The third-order valence-corrected chi connectivity index (χ3v) is 3.08. The Bertz CT molecular complexity index is 368. The molecular formula is C11H15NO3S. The van der Waals surface area contributed by atoms with E-state index in [1.54, 1.807) is 19.2 Å². The minimum atomic E-state index is -0.214. The van der Waals surface area contributed by atoms with Crippen molar-refractivity contribution in [2.75, 3.05) is 25.7 Å². The van der Waals surface area contributed by atoms with Gasteiger partial charge >= 0.3 is 5.97 Å². The Morgan fingerprint density at radius 2 is 2.19 bits per heavy atom. The zero-order valence-electron chi connectivity index (χ0n) is 9.36. The van der Waals surface area contributed by atoms with Crippen molar-refractivity contribution in [1.82, 2.24) is 0 Å². The summed E-state index contributed by atoms with van der Waals surface area (Å²) in [5.74, 6) is 1.19. The largest absolute Gasteiger partial charge is 0.497 e. The molecule has 0 aliphatic rings. The average Bonchev–Trinajstić information content (AvgIpc) is 2.31. The number of methoxy groups -OCH3 is 2. The summed E-state index contributed by atoms with van der Waals surface area (Å²) in [5, 5.41) is 0. The SMILES string of the molecule is COC(=O)CCSc1cc(OC)ccc1N. The topological polar surface area (TPSA) is 61.5 Å². The van der Waals surface area contributed by atoms with Crippen molar-refractivity contribution in [2.45, 2.75) is 11.3 Å². The van der Waals surface area contributed by atoms with Crippen molar-refractivity contribution in [1.29, 1.82) is 0 Å². The molecule has 0 bridgehead atoms. The molecule has 0 fully saturated rings. The quantitative estimate of drug-likeness (QED) is 0.485. The van der Waals surface area contributed by atoms with Gasteiger partial charge in [-0.15, -0.1) is 11.8 Å². The molecule has 0 atom stereocenters. The first kappa shape index (κ1) is 12.7. The summed E-state index contributed by atoms with van der Waals surface area (Å²) in [7, 11) is 2.99. The van der Waals surface area contributed by atoms with E-state index in [9.17, 15) is 4.79 Å². The van der Waals surface area contributed by atoms with E-state index in [0.717, 1.165) is 10.6 Å². The predicted octanol–water partition coefficient (Wildman–Crippen LogP) is 1.93. The van der Waals surface area contributed by atoms with Crippen LogP contribution in [0.4, 0.5) is 5.69 Å². The number of esters is 1. The molecule has 0 radical (unpaired) electrons. The number of nitrogen functional groups attached to an aromatic ring is 1. The molecule has 0 saturated heterocycles. The average molecular weight is 241 g/mol. The third-order valence-electron chi connectivity index (χ3n) is 2.01. The first-order valence-electron chi connectivity index (χ1n) is 4.80. The van der Waals surface area contributed by atoms with E-state index in [1.807, 2.05) is 6.07 Å². The van der Waals surface area contributed by atoms with Gasteiger partial charge in [-0.1, -0.05) is 0 Å². The van der Waals surface area contributed by atoms with Gasteiger partial charge in [-0.2, -0.15) is 0 Å². The lowest BCUT2D eigenvalue weighted by atomic mass is 10.3. The first-order chi connectivity index (χ1) is 7.67. The highest BCUT2D eigenvalue weighted by atomic mass is 32.2. The van der Waals surface area contributed by atoms with Crippen LogP contribution in [0.15, 0.2) is 23.1 Å². The van der Waals surface area contributed by atoms with Gasteiger partial charge in [0.25, 0.3) is 0 Å². The number of ether oxygens (including phenoxy) is 2. The molecule has 4 nitrogen and oxygen atoms in total. The van der Waals surface area contributed by atoms with E-state index in [-0.39, 0.29) is 5.97 Å². The third kappa shape index (κ3) is 3.66. The van der Waals surface area contributed by atoms with Crippen molar-refractivity contribution < 1.29 is 14.3 Å². The normalized spacial score (nSPS) is 9.88. The van der Waals surface area contributed by atoms with Gasteiger partial charge in [0.05, 0.1) is 20.6 Å². The van der Waals surface area contributed by atoms with E-state index in [1.165, 1.54) is 18.9 Å². The fraction of sp³-hybridized carbons (Fsp3) is 0.364. The highest BCUT2D eigenvalue weighted by molar-refractivity contribution is 7.99. The fourth-order valence-corrected chi connectivity index (χ4v) is 2.04. The van der Waals surface area contributed by atoms with Crippen LogP contribution in [0.2, 0.25) is 0 Å². The maximum atomic E-state index is 10.9. The number of rotatable bonds is 5. The fourth-order valence-electron chi connectivity index (χ4n) is 1.11. The van der Waals surface area contributed by atoms with Crippen LogP contribution in [0.3, 0.4) is 0 Å². The number of anilines is 1. The molecule has 0 heterocycles. The second-order valence-corrected chi connectivity index (χ2v) is 4.22. The lowest BCUT2D eigenvalue weighted by Gasteiger charge is -2.07. The number of nitrogens with two attached hydrogens (primary N) is 1. The molecule has 0 unspecified atom stereocenters. The van der Waals surface area contributed by atoms with E-state index in [0.29, 0.717) is 17.9 Å². The summed E-state index contributed by atoms with van der Waals surface area (Å²) in [4.78, 5) is 11.8. The summed E-state index contributed by atoms with van der Waals surface area (Å²) >= 11 is 1.51. The van der Waals surface area contributed by atoms with Crippen molar-refractivity contribution in [3.63, 3.8) is 0 Å². The van der Waals surface area contributed by atoms with Gasteiger partial charge in [0.2, 0.25) is 0 Å². The zero-order valence-corrected chi connectivity index (χ0v) is 10.2. The molecule has 1 aromatic rings. The second-order valence-electron chi connectivity index (χ2n) is 3.08.